The summed E-state index contributed by atoms with van der Waals surface area (Å²) in [5.41, 5.74) is -1.90. The van der Waals surface area contributed by atoms with E-state index in [1.807, 2.05) is 0 Å². The van der Waals surface area contributed by atoms with Gasteiger partial charge >= 0.3 is 12.2 Å². The molecule has 142 valence electrons. The third-order valence-electron chi connectivity index (χ3n) is 4.28. The van der Waals surface area contributed by atoms with Crippen molar-refractivity contribution >= 4 is 23.5 Å². The molecule has 9 heteroatoms. The normalized spacial score (nSPS) is 20.3. The van der Waals surface area contributed by atoms with Crippen LogP contribution in [-0.4, -0.2) is 29.7 Å². The highest BCUT2D eigenvalue weighted by molar-refractivity contribution is 6.24. The van der Waals surface area contributed by atoms with Crippen LogP contribution in [0, 0.1) is 13.8 Å². The number of carbonyl (C=O) groups is 3. The van der Waals surface area contributed by atoms with Crippen LogP contribution in [0.4, 0.5) is 23.7 Å². The fourth-order valence-electron chi connectivity index (χ4n) is 2.59. The molecule has 0 unspecified atom stereocenters. The summed E-state index contributed by atoms with van der Waals surface area (Å²) in [6, 6.07) is 3.17. The fourth-order valence-corrected chi connectivity index (χ4v) is 2.59. The number of unbranched alkanes of at least 4 members (excludes halogenated alkanes) is 1. The molecule has 2 N–H and O–H groups in total. The average molecular weight is 371 g/mol. The van der Waals surface area contributed by atoms with Crippen molar-refractivity contribution in [3.8, 4) is 0 Å². The molecule has 0 radical (unpaired) electrons. The van der Waals surface area contributed by atoms with Gasteiger partial charge in [-0.25, -0.2) is 9.69 Å². The van der Waals surface area contributed by atoms with Crippen LogP contribution in [0.2, 0.25) is 0 Å². The maximum atomic E-state index is 13.7. The molecule has 1 atom stereocenters. The Bertz CT molecular complexity index is 749. The Hall–Kier alpha value is -2.58. The fraction of sp³-hybridized carbons (Fsp3) is 0.471. The summed E-state index contributed by atoms with van der Waals surface area (Å²) in [5, 5.41) is 3.31. The van der Waals surface area contributed by atoms with E-state index in [1.165, 1.54) is 12.1 Å². The standard InChI is InChI=1S/C17H20F3N3O3/c1-4-5-6-13(24)21-16(17(18,19)20)14(25)23(15(26)22-16)12-8-7-10(2)11(3)9-12/h7-9H,4-6H2,1-3H3,(H,21,24)(H,22,26)/t16-/m1/s1. The van der Waals surface area contributed by atoms with Crippen molar-refractivity contribution in [1.82, 2.24) is 10.6 Å². The van der Waals surface area contributed by atoms with Crippen LogP contribution < -0.4 is 15.5 Å². The summed E-state index contributed by atoms with van der Waals surface area (Å²) in [6.07, 6.45) is -4.42. The largest absolute Gasteiger partial charge is 0.440 e. The monoisotopic (exact) mass is 371 g/mol. The molecular formula is C17H20F3N3O3. The minimum absolute atomic E-state index is 0.00420. The topological polar surface area (TPSA) is 78.5 Å². The van der Waals surface area contributed by atoms with Gasteiger partial charge in [0.15, 0.2) is 0 Å². The van der Waals surface area contributed by atoms with Crippen molar-refractivity contribution in [2.75, 3.05) is 4.90 Å². The van der Waals surface area contributed by atoms with Crippen LogP contribution in [0.5, 0.6) is 0 Å². The van der Waals surface area contributed by atoms with Crippen LogP contribution in [-0.2, 0) is 9.59 Å². The van der Waals surface area contributed by atoms with Crippen LogP contribution in [0.15, 0.2) is 18.2 Å². The summed E-state index contributed by atoms with van der Waals surface area (Å²) in [7, 11) is 0. The van der Waals surface area contributed by atoms with Gasteiger partial charge in [0.05, 0.1) is 5.69 Å². The smallest absolute Gasteiger partial charge is 0.318 e. The maximum absolute atomic E-state index is 13.7. The number of hydrogen-bond donors (Lipinski definition) is 2. The second-order valence-corrected chi connectivity index (χ2v) is 6.24. The molecule has 4 amide bonds. The van der Waals surface area contributed by atoms with E-state index >= 15 is 0 Å². The Kier molecular flexibility index (Phi) is 5.29. The van der Waals surface area contributed by atoms with Crippen LogP contribution in [0.3, 0.4) is 0 Å². The number of aryl methyl sites for hydroxylation is 2. The molecule has 6 nitrogen and oxygen atoms in total. The van der Waals surface area contributed by atoms with Gasteiger partial charge in [-0.05, 0) is 43.5 Å². The average Bonchev–Trinajstić information content (AvgIpc) is 2.79. The van der Waals surface area contributed by atoms with Gasteiger partial charge < -0.3 is 5.32 Å². The highest BCUT2D eigenvalue weighted by Gasteiger charge is 2.69. The van der Waals surface area contributed by atoms with Crippen molar-refractivity contribution in [2.24, 2.45) is 0 Å². The first-order chi connectivity index (χ1) is 12.0. The van der Waals surface area contributed by atoms with E-state index in [9.17, 15) is 27.6 Å². The highest BCUT2D eigenvalue weighted by atomic mass is 19.4. The molecule has 26 heavy (non-hydrogen) atoms. The molecule has 1 aliphatic rings. The Morgan fingerprint density at radius 3 is 2.42 bits per heavy atom. The van der Waals surface area contributed by atoms with Crippen molar-refractivity contribution in [1.29, 1.82) is 0 Å². The predicted molar refractivity (Wildman–Crippen MR) is 88.4 cm³/mol. The lowest BCUT2D eigenvalue weighted by molar-refractivity contribution is -0.201. The lowest BCUT2D eigenvalue weighted by atomic mass is 10.1. The van der Waals surface area contributed by atoms with Gasteiger partial charge in [0.25, 0.3) is 11.6 Å². The predicted octanol–water partition coefficient (Wildman–Crippen LogP) is 2.92. The van der Waals surface area contributed by atoms with Crippen molar-refractivity contribution < 1.29 is 27.6 Å². The molecule has 2 rings (SSSR count). The lowest BCUT2D eigenvalue weighted by Crippen LogP contribution is -2.69. The van der Waals surface area contributed by atoms with Gasteiger partial charge in [0.2, 0.25) is 5.91 Å². The van der Waals surface area contributed by atoms with Gasteiger partial charge in [-0.2, -0.15) is 13.2 Å². The zero-order chi connectivity index (χ0) is 19.7. The van der Waals surface area contributed by atoms with Gasteiger partial charge in [0, 0.05) is 6.42 Å². The Labute approximate surface area is 148 Å². The van der Waals surface area contributed by atoms with E-state index in [0.29, 0.717) is 23.3 Å². The molecule has 1 fully saturated rings. The van der Waals surface area contributed by atoms with Gasteiger partial charge in [-0.15, -0.1) is 0 Å². The second kappa shape index (κ2) is 6.97. The van der Waals surface area contributed by atoms with E-state index in [-0.39, 0.29) is 12.1 Å². The molecule has 1 aliphatic heterocycles. The number of alkyl halides is 3. The molecule has 1 heterocycles. The van der Waals surface area contributed by atoms with E-state index in [4.69, 9.17) is 0 Å². The first-order valence-corrected chi connectivity index (χ1v) is 8.15. The molecule has 1 aromatic rings. The van der Waals surface area contributed by atoms with Crippen LogP contribution >= 0.6 is 0 Å². The Morgan fingerprint density at radius 2 is 1.88 bits per heavy atom. The van der Waals surface area contributed by atoms with Crippen LogP contribution in [0.25, 0.3) is 0 Å². The van der Waals surface area contributed by atoms with Gasteiger partial charge in [-0.3, -0.25) is 14.9 Å². The summed E-state index contributed by atoms with van der Waals surface area (Å²) in [5.74, 6) is -2.54. The number of anilines is 1. The highest BCUT2D eigenvalue weighted by Crippen LogP contribution is 2.36. The molecule has 0 aliphatic carbocycles. The number of nitrogens with one attached hydrogen (secondary N) is 2. The Balaban J connectivity index is 2.42. The second-order valence-electron chi connectivity index (χ2n) is 6.24. The minimum Gasteiger partial charge on any atom is -0.318 e. The number of rotatable bonds is 5. The van der Waals surface area contributed by atoms with Gasteiger partial charge in [-0.1, -0.05) is 19.4 Å². The summed E-state index contributed by atoms with van der Waals surface area (Å²) >= 11 is 0. The number of amides is 4. The van der Waals surface area contributed by atoms with Crippen molar-refractivity contribution in [3.05, 3.63) is 29.3 Å². The number of urea groups is 1. The van der Waals surface area contributed by atoms with E-state index in [0.717, 1.165) is 5.56 Å². The lowest BCUT2D eigenvalue weighted by Gasteiger charge is -2.29. The molecule has 0 spiro atoms. The molecule has 0 bridgehead atoms. The molecule has 0 aromatic heterocycles. The zero-order valence-electron chi connectivity index (χ0n) is 14.7. The maximum Gasteiger partial charge on any atom is 0.440 e. The van der Waals surface area contributed by atoms with E-state index in [1.54, 1.807) is 37.5 Å². The van der Waals surface area contributed by atoms with Crippen LogP contribution in [0.1, 0.15) is 37.3 Å². The molecule has 0 saturated carbocycles. The van der Waals surface area contributed by atoms with E-state index in [2.05, 4.69) is 0 Å². The molecule has 1 aromatic carbocycles. The summed E-state index contributed by atoms with van der Waals surface area (Å²) < 4.78 is 41.0. The van der Waals surface area contributed by atoms with Crippen molar-refractivity contribution in [2.45, 2.75) is 51.9 Å². The zero-order valence-corrected chi connectivity index (χ0v) is 14.7. The minimum atomic E-state index is -5.20. The molecule has 1 saturated heterocycles. The number of carbonyl (C=O) groups excluding carboxylic acids is 3. The quantitative estimate of drug-likeness (QED) is 0.781. The van der Waals surface area contributed by atoms with Crippen molar-refractivity contribution in [3.63, 3.8) is 0 Å². The number of imide groups is 1. The number of benzene rings is 1. The van der Waals surface area contributed by atoms with E-state index < -0.39 is 29.7 Å². The van der Waals surface area contributed by atoms with Gasteiger partial charge in [0.1, 0.15) is 0 Å². The first kappa shape index (κ1) is 19.7. The third-order valence-corrected chi connectivity index (χ3v) is 4.28. The number of halogens is 3. The Morgan fingerprint density at radius 1 is 1.23 bits per heavy atom. The SMILES string of the molecule is CCCCC(=O)N[C@@]1(C(F)(F)F)NC(=O)N(c2ccc(C)c(C)c2)C1=O. The summed E-state index contributed by atoms with van der Waals surface area (Å²) in [6.45, 7) is 5.27. The molecular weight excluding hydrogens is 351 g/mol. The first-order valence-electron chi connectivity index (χ1n) is 8.15. The third kappa shape index (κ3) is 3.38. The number of nitrogens with zero attached hydrogens (tertiary/aromatic N) is 1. The summed E-state index contributed by atoms with van der Waals surface area (Å²) in [4.78, 5) is 37.1. The number of hydrogen-bond acceptors (Lipinski definition) is 3.